The molecular formula is C23H28N4O. The van der Waals surface area contributed by atoms with Crippen molar-refractivity contribution in [1.82, 2.24) is 10.6 Å². The van der Waals surface area contributed by atoms with Crippen LogP contribution in [0, 0.1) is 6.92 Å². The molecule has 146 valence electrons. The molecule has 2 aromatic rings. The second-order valence-electron chi connectivity index (χ2n) is 7.69. The van der Waals surface area contributed by atoms with Gasteiger partial charge in [0.2, 0.25) is 5.91 Å². The van der Waals surface area contributed by atoms with Crippen LogP contribution in [-0.2, 0) is 11.3 Å². The molecule has 2 aromatic carbocycles. The summed E-state index contributed by atoms with van der Waals surface area (Å²) in [7, 11) is 1.81. The van der Waals surface area contributed by atoms with E-state index in [1.54, 1.807) is 0 Å². The van der Waals surface area contributed by atoms with Crippen LogP contribution in [0.4, 0.5) is 5.69 Å². The van der Waals surface area contributed by atoms with Crippen molar-refractivity contribution >= 4 is 17.6 Å². The summed E-state index contributed by atoms with van der Waals surface area (Å²) in [5.74, 6) is 1.63. The third kappa shape index (κ3) is 4.03. The van der Waals surface area contributed by atoms with Gasteiger partial charge in [-0.05, 0) is 48.6 Å². The van der Waals surface area contributed by atoms with Gasteiger partial charge in [0.15, 0.2) is 5.96 Å². The molecule has 2 atom stereocenters. The van der Waals surface area contributed by atoms with Gasteiger partial charge >= 0.3 is 0 Å². The predicted octanol–water partition coefficient (Wildman–Crippen LogP) is 3.34. The van der Waals surface area contributed by atoms with E-state index < -0.39 is 0 Å². The smallest absolute Gasteiger partial charge is 0.227 e. The highest BCUT2D eigenvalue weighted by molar-refractivity contribution is 5.95. The molecule has 5 nitrogen and oxygen atoms in total. The third-order valence-corrected chi connectivity index (χ3v) is 5.71. The standard InChI is InChI=1S/C23H28N4O/c1-16-6-3-4-7-19(16)20-14-21(20)26-23(24-2)25-15-17-9-11-18(12-10-17)27-13-5-8-22(27)28/h3-4,6-7,9-12,20-21H,5,8,13-15H2,1-2H3,(H2,24,25,26). The molecule has 1 heterocycles. The molecule has 0 spiro atoms. The summed E-state index contributed by atoms with van der Waals surface area (Å²) in [6.07, 6.45) is 2.76. The van der Waals surface area contributed by atoms with Crippen LogP contribution in [0.3, 0.4) is 0 Å². The van der Waals surface area contributed by atoms with Gasteiger partial charge in [-0.25, -0.2) is 0 Å². The van der Waals surface area contributed by atoms with Gasteiger partial charge in [-0.15, -0.1) is 0 Å². The molecule has 1 saturated carbocycles. The molecule has 4 rings (SSSR count). The van der Waals surface area contributed by atoms with E-state index in [1.165, 1.54) is 16.7 Å². The molecule has 2 N–H and O–H groups in total. The number of anilines is 1. The van der Waals surface area contributed by atoms with Gasteiger partial charge in [-0.2, -0.15) is 0 Å². The average Bonchev–Trinajstić information content (AvgIpc) is 3.34. The van der Waals surface area contributed by atoms with Gasteiger partial charge in [0.1, 0.15) is 0 Å². The first-order chi connectivity index (χ1) is 13.7. The molecule has 2 fully saturated rings. The molecule has 0 aromatic heterocycles. The maximum Gasteiger partial charge on any atom is 0.227 e. The summed E-state index contributed by atoms with van der Waals surface area (Å²) in [5.41, 5.74) is 4.95. The fourth-order valence-electron chi connectivity index (χ4n) is 3.97. The second kappa shape index (κ2) is 8.05. The van der Waals surface area contributed by atoms with Crippen molar-refractivity contribution in [2.75, 3.05) is 18.5 Å². The van der Waals surface area contributed by atoms with Crippen LogP contribution in [-0.4, -0.2) is 31.5 Å². The van der Waals surface area contributed by atoms with Crippen molar-refractivity contribution in [2.24, 2.45) is 4.99 Å². The van der Waals surface area contributed by atoms with Crippen molar-refractivity contribution in [1.29, 1.82) is 0 Å². The minimum Gasteiger partial charge on any atom is -0.353 e. The first kappa shape index (κ1) is 18.5. The molecule has 1 saturated heterocycles. The zero-order chi connectivity index (χ0) is 19.5. The molecule has 1 amide bonds. The maximum atomic E-state index is 11.9. The zero-order valence-electron chi connectivity index (χ0n) is 16.6. The summed E-state index contributed by atoms with van der Waals surface area (Å²) in [5, 5.41) is 6.93. The zero-order valence-corrected chi connectivity index (χ0v) is 16.6. The van der Waals surface area contributed by atoms with Gasteiger partial charge in [0.25, 0.3) is 0 Å². The maximum absolute atomic E-state index is 11.9. The topological polar surface area (TPSA) is 56.7 Å². The Morgan fingerprint density at radius 2 is 1.96 bits per heavy atom. The van der Waals surface area contributed by atoms with E-state index in [1.807, 2.05) is 24.1 Å². The van der Waals surface area contributed by atoms with E-state index in [-0.39, 0.29) is 5.91 Å². The normalized spacial score (nSPS) is 21.7. The Labute approximate surface area is 166 Å². The minimum absolute atomic E-state index is 0.225. The lowest BCUT2D eigenvalue weighted by atomic mass is 10.0. The van der Waals surface area contributed by atoms with Crippen LogP contribution in [0.25, 0.3) is 0 Å². The van der Waals surface area contributed by atoms with E-state index in [9.17, 15) is 4.79 Å². The van der Waals surface area contributed by atoms with E-state index in [0.717, 1.165) is 31.0 Å². The Morgan fingerprint density at radius 1 is 1.18 bits per heavy atom. The average molecular weight is 377 g/mol. The lowest BCUT2D eigenvalue weighted by Gasteiger charge is -2.16. The number of aryl methyl sites for hydroxylation is 1. The molecule has 5 heteroatoms. The fraction of sp³-hybridized carbons (Fsp3) is 0.391. The molecule has 0 radical (unpaired) electrons. The molecule has 28 heavy (non-hydrogen) atoms. The lowest BCUT2D eigenvalue weighted by Crippen LogP contribution is -2.38. The summed E-state index contributed by atoms with van der Waals surface area (Å²) < 4.78 is 0. The number of hydrogen-bond acceptors (Lipinski definition) is 2. The number of carbonyl (C=O) groups excluding carboxylic acids is 1. The molecule has 2 unspecified atom stereocenters. The van der Waals surface area contributed by atoms with E-state index in [4.69, 9.17) is 0 Å². The van der Waals surface area contributed by atoms with Gasteiger partial charge < -0.3 is 15.5 Å². The second-order valence-corrected chi connectivity index (χ2v) is 7.69. The molecule has 2 aliphatic rings. The number of rotatable bonds is 5. The van der Waals surface area contributed by atoms with Crippen molar-refractivity contribution in [3.8, 4) is 0 Å². The summed E-state index contributed by atoms with van der Waals surface area (Å²) in [4.78, 5) is 18.1. The molecule has 1 aliphatic heterocycles. The summed E-state index contributed by atoms with van der Waals surface area (Å²) in [6.45, 7) is 3.71. The first-order valence-corrected chi connectivity index (χ1v) is 10.1. The number of carbonyl (C=O) groups is 1. The highest BCUT2D eigenvalue weighted by atomic mass is 16.2. The fourth-order valence-corrected chi connectivity index (χ4v) is 3.97. The van der Waals surface area contributed by atoms with Crippen LogP contribution in [0.15, 0.2) is 53.5 Å². The molecule has 1 aliphatic carbocycles. The molecular weight excluding hydrogens is 348 g/mol. The van der Waals surface area contributed by atoms with Crippen molar-refractivity contribution in [2.45, 2.75) is 44.7 Å². The summed E-state index contributed by atoms with van der Waals surface area (Å²) in [6, 6.07) is 17.3. The van der Waals surface area contributed by atoms with E-state index in [2.05, 4.69) is 58.9 Å². The first-order valence-electron chi connectivity index (χ1n) is 10.1. The van der Waals surface area contributed by atoms with Crippen LogP contribution in [0.5, 0.6) is 0 Å². The number of guanidine groups is 1. The van der Waals surface area contributed by atoms with E-state index in [0.29, 0.717) is 24.9 Å². The number of nitrogens with zero attached hydrogens (tertiary/aromatic N) is 2. The Morgan fingerprint density at radius 3 is 2.64 bits per heavy atom. The Kier molecular flexibility index (Phi) is 5.33. The summed E-state index contributed by atoms with van der Waals surface area (Å²) >= 11 is 0. The number of benzene rings is 2. The SMILES string of the molecule is CN=C(NCc1ccc(N2CCCC2=O)cc1)NC1CC1c1ccccc1C. The van der Waals surface area contributed by atoms with Gasteiger partial charge in [-0.3, -0.25) is 9.79 Å². The Hall–Kier alpha value is -2.82. The third-order valence-electron chi connectivity index (χ3n) is 5.71. The van der Waals surface area contributed by atoms with Gasteiger partial charge in [0, 0.05) is 44.2 Å². The van der Waals surface area contributed by atoms with Gasteiger partial charge in [-0.1, -0.05) is 36.4 Å². The Balaban J connectivity index is 1.29. The predicted molar refractivity (Wildman–Crippen MR) is 114 cm³/mol. The van der Waals surface area contributed by atoms with Crippen LogP contribution >= 0.6 is 0 Å². The lowest BCUT2D eigenvalue weighted by molar-refractivity contribution is -0.117. The van der Waals surface area contributed by atoms with Crippen LogP contribution < -0.4 is 15.5 Å². The monoisotopic (exact) mass is 376 g/mol. The number of hydrogen-bond donors (Lipinski definition) is 2. The van der Waals surface area contributed by atoms with Crippen molar-refractivity contribution < 1.29 is 4.79 Å². The van der Waals surface area contributed by atoms with E-state index >= 15 is 0 Å². The number of amides is 1. The van der Waals surface area contributed by atoms with Crippen molar-refractivity contribution in [3.05, 3.63) is 65.2 Å². The Bertz CT molecular complexity index is 874. The van der Waals surface area contributed by atoms with Gasteiger partial charge in [0.05, 0.1) is 0 Å². The highest BCUT2D eigenvalue weighted by Crippen LogP contribution is 2.42. The number of nitrogens with one attached hydrogen (secondary N) is 2. The minimum atomic E-state index is 0.225. The molecule has 0 bridgehead atoms. The number of aliphatic imine (C=N–C) groups is 1. The largest absolute Gasteiger partial charge is 0.353 e. The van der Waals surface area contributed by atoms with Crippen LogP contribution in [0.1, 0.15) is 41.9 Å². The quantitative estimate of drug-likeness (QED) is 0.622. The van der Waals surface area contributed by atoms with Crippen LogP contribution in [0.2, 0.25) is 0 Å². The highest BCUT2D eigenvalue weighted by Gasteiger charge is 2.39. The van der Waals surface area contributed by atoms with Crippen molar-refractivity contribution in [3.63, 3.8) is 0 Å².